The molecule has 0 spiro atoms. The third kappa shape index (κ3) is 7.23. The Morgan fingerprint density at radius 3 is 2.38 bits per heavy atom. The molecule has 0 aliphatic carbocycles. The van der Waals surface area contributed by atoms with E-state index in [-0.39, 0.29) is 11.7 Å². The van der Waals surface area contributed by atoms with Gasteiger partial charge in [0.2, 0.25) is 0 Å². The molecule has 0 aliphatic heterocycles. The molecule has 16 heavy (non-hydrogen) atoms. The number of carbonyl (C=O) groups excluding carboxylic acids is 1. The van der Waals surface area contributed by atoms with Crippen LogP contribution in [-0.4, -0.2) is 5.78 Å². The van der Waals surface area contributed by atoms with Crippen LogP contribution in [-0.2, 0) is 4.79 Å². The van der Waals surface area contributed by atoms with E-state index in [9.17, 15) is 4.79 Å². The van der Waals surface area contributed by atoms with Gasteiger partial charge in [0.15, 0.2) is 5.78 Å². The van der Waals surface area contributed by atoms with Crippen LogP contribution < -0.4 is 0 Å². The molecule has 0 bridgehead atoms. The highest BCUT2D eigenvalue weighted by Crippen LogP contribution is 2.10. The highest BCUT2D eigenvalue weighted by molar-refractivity contribution is 5.98. The highest BCUT2D eigenvalue weighted by atomic mass is 16.1. The molecule has 0 rings (SSSR count). The van der Waals surface area contributed by atoms with Gasteiger partial charge in [-0.25, -0.2) is 0 Å². The Morgan fingerprint density at radius 1 is 1.25 bits per heavy atom. The van der Waals surface area contributed by atoms with Crippen LogP contribution in [0.4, 0.5) is 0 Å². The summed E-state index contributed by atoms with van der Waals surface area (Å²) >= 11 is 0. The van der Waals surface area contributed by atoms with Crippen molar-refractivity contribution < 1.29 is 4.79 Å². The zero-order valence-corrected chi connectivity index (χ0v) is 10.8. The minimum atomic E-state index is 0.00713. The number of hydrogen-bond donors (Lipinski definition) is 0. The summed E-state index contributed by atoms with van der Waals surface area (Å²) in [5, 5.41) is 8.85. The number of ketones is 1. The first-order valence-corrected chi connectivity index (χ1v) is 6.27. The molecule has 0 N–H and O–H groups in total. The zero-order chi connectivity index (χ0) is 12.4. The molecule has 0 unspecified atom stereocenters. The van der Waals surface area contributed by atoms with Gasteiger partial charge in [0.1, 0.15) is 6.07 Å². The minimum absolute atomic E-state index is 0.00713. The van der Waals surface area contributed by atoms with Gasteiger partial charge in [0.05, 0.1) is 5.57 Å². The Balaban J connectivity index is 3.91. The molecule has 2 heteroatoms. The molecule has 0 aromatic heterocycles. The van der Waals surface area contributed by atoms with Crippen molar-refractivity contribution in [2.75, 3.05) is 0 Å². The number of nitriles is 1. The fourth-order valence-corrected chi connectivity index (χ4v) is 1.55. The molecule has 0 aliphatic rings. The first-order chi connectivity index (χ1) is 7.61. The van der Waals surface area contributed by atoms with Crippen molar-refractivity contribution in [3.63, 3.8) is 0 Å². The molecule has 90 valence electrons. The number of hydrogen-bond acceptors (Lipinski definition) is 2. The van der Waals surface area contributed by atoms with Gasteiger partial charge in [-0.2, -0.15) is 5.26 Å². The molecule has 0 radical (unpaired) electrons. The summed E-state index contributed by atoms with van der Waals surface area (Å²) in [6.07, 6.45) is 7.94. The van der Waals surface area contributed by atoms with Crippen molar-refractivity contribution in [3.05, 3.63) is 11.6 Å². The zero-order valence-electron chi connectivity index (χ0n) is 10.8. The first kappa shape index (κ1) is 14.9. The average Bonchev–Trinajstić information content (AvgIpc) is 2.25. The molecule has 0 amide bonds. The lowest BCUT2D eigenvalue weighted by molar-refractivity contribution is -0.115. The summed E-state index contributed by atoms with van der Waals surface area (Å²) in [4.78, 5) is 11.7. The van der Waals surface area contributed by atoms with Gasteiger partial charge in [0.25, 0.3) is 0 Å². The maximum Gasteiger partial charge on any atom is 0.173 e. The van der Waals surface area contributed by atoms with E-state index in [1.54, 1.807) is 6.08 Å². The highest BCUT2D eigenvalue weighted by Gasteiger charge is 2.08. The van der Waals surface area contributed by atoms with E-state index >= 15 is 0 Å². The van der Waals surface area contributed by atoms with E-state index < -0.39 is 0 Å². The van der Waals surface area contributed by atoms with E-state index in [0.717, 1.165) is 12.8 Å². The molecule has 0 saturated heterocycles. The van der Waals surface area contributed by atoms with Gasteiger partial charge < -0.3 is 0 Å². The minimum Gasteiger partial charge on any atom is -0.293 e. The Hall–Kier alpha value is -1.10. The lowest BCUT2D eigenvalue weighted by Crippen LogP contribution is -2.02. The SMILES string of the molecule is CCCCCCCC(=O)/C(C#N)=C\C(C)C. The second kappa shape index (κ2) is 9.15. The third-order valence-electron chi connectivity index (χ3n) is 2.43. The standard InChI is InChI=1S/C14H23NO/c1-4-5-6-7-8-9-14(16)13(11-15)10-12(2)3/h10,12H,4-9H2,1-3H3/b13-10-. The number of nitrogens with zero attached hydrogens (tertiary/aromatic N) is 1. The van der Waals surface area contributed by atoms with Gasteiger partial charge in [-0.1, -0.05) is 52.5 Å². The normalized spacial score (nSPS) is 11.6. The summed E-state index contributed by atoms with van der Waals surface area (Å²) in [6, 6.07) is 2.00. The van der Waals surface area contributed by atoms with Crippen molar-refractivity contribution >= 4 is 5.78 Å². The number of Topliss-reactive ketones (excluding diaryl/α,β-unsaturated/α-hetero) is 1. The summed E-state index contributed by atoms with van der Waals surface area (Å²) in [5.74, 6) is 0.270. The van der Waals surface area contributed by atoms with Gasteiger partial charge in [0, 0.05) is 6.42 Å². The topological polar surface area (TPSA) is 40.9 Å². The predicted molar refractivity (Wildman–Crippen MR) is 66.9 cm³/mol. The fraction of sp³-hybridized carbons (Fsp3) is 0.714. The Morgan fingerprint density at radius 2 is 1.88 bits per heavy atom. The quantitative estimate of drug-likeness (QED) is 0.353. The fourth-order valence-electron chi connectivity index (χ4n) is 1.55. The first-order valence-electron chi connectivity index (χ1n) is 6.27. The molecule has 0 aromatic rings. The van der Waals surface area contributed by atoms with Crippen LogP contribution in [0.15, 0.2) is 11.6 Å². The summed E-state index contributed by atoms with van der Waals surface area (Å²) in [5.41, 5.74) is 0.338. The average molecular weight is 221 g/mol. The number of carbonyl (C=O) groups is 1. The Bertz CT molecular complexity index is 271. The molecule has 0 heterocycles. The van der Waals surface area contributed by atoms with E-state index in [1.165, 1.54) is 19.3 Å². The smallest absolute Gasteiger partial charge is 0.173 e. The molecule has 0 aromatic carbocycles. The summed E-state index contributed by atoms with van der Waals surface area (Å²) < 4.78 is 0. The van der Waals surface area contributed by atoms with Gasteiger partial charge in [-0.3, -0.25) is 4.79 Å². The molecule has 0 atom stereocenters. The second-order valence-electron chi connectivity index (χ2n) is 4.52. The van der Waals surface area contributed by atoms with Crippen LogP contribution >= 0.6 is 0 Å². The van der Waals surface area contributed by atoms with Crippen molar-refractivity contribution in [3.8, 4) is 6.07 Å². The Kier molecular flexibility index (Phi) is 8.52. The third-order valence-corrected chi connectivity index (χ3v) is 2.43. The molecule has 0 saturated carbocycles. The van der Waals surface area contributed by atoms with Crippen LogP contribution in [0.1, 0.15) is 59.3 Å². The summed E-state index contributed by atoms with van der Waals surface area (Å²) in [6.45, 7) is 6.13. The van der Waals surface area contributed by atoms with Crippen molar-refractivity contribution in [2.45, 2.75) is 59.3 Å². The van der Waals surface area contributed by atoms with Crippen molar-refractivity contribution in [1.82, 2.24) is 0 Å². The maximum atomic E-state index is 11.7. The number of rotatable bonds is 8. The van der Waals surface area contributed by atoms with E-state index in [1.807, 2.05) is 19.9 Å². The van der Waals surface area contributed by atoms with E-state index in [0.29, 0.717) is 12.0 Å². The molecular formula is C14H23NO. The van der Waals surface area contributed by atoms with Gasteiger partial charge in [-0.05, 0) is 12.3 Å². The lowest BCUT2D eigenvalue weighted by Gasteiger charge is -2.01. The lowest BCUT2D eigenvalue weighted by atomic mass is 10.0. The molecular weight excluding hydrogens is 198 g/mol. The van der Waals surface area contributed by atoms with Crippen LogP contribution in [0.25, 0.3) is 0 Å². The van der Waals surface area contributed by atoms with E-state index in [4.69, 9.17) is 5.26 Å². The van der Waals surface area contributed by atoms with Gasteiger partial charge >= 0.3 is 0 Å². The van der Waals surface area contributed by atoms with Crippen molar-refractivity contribution in [1.29, 1.82) is 5.26 Å². The number of allylic oxidation sites excluding steroid dienone is 2. The Labute approximate surface area is 99.3 Å². The maximum absolute atomic E-state index is 11.7. The molecule has 2 nitrogen and oxygen atoms in total. The van der Waals surface area contributed by atoms with Crippen LogP contribution in [0.2, 0.25) is 0 Å². The van der Waals surface area contributed by atoms with Gasteiger partial charge in [-0.15, -0.1) is 0 Å². The second-order valence-corrected chi connectivity index (χ2v) is 4.52. The largest absolute Gasteiger partial charge is 0.293 e. The molecule has 0 fully saturated rings. The predicted octanol–water partition coefficient (Wildman–Crippen LogP) is 4.02. The van der Waals surface area contributed by atoms with Crippen molar-refractivity contribution in [2.24, 2.45) is 5.92 Å². The van der Waals surface area contributed by atoms with Crippen LogP contribution in [0.3, 0.4) is 0 Å². The van der Waals surface area contributed by atoms with Crippen LogP contribution in [0, 0.1) is 17.2 Å². The van der Waals surface area contributed by atoms with Crippen LogP contribution in [0.5, 0.6) is 0 Å². The van der Waals surface area contributed by atoms with E-state index in [2.05, 4.69) is 6.92 Å². The number of unbranched alkanes of at least 4 members (excludes halogenated alkanes) is 4. The summed E-state index contributed by atoms with van der Waals surface area (Å²) in [7, 11) is 0. The monoisotopic (exact) mass is 221 g/mol.